The second-order valence-electron chi connectivity index (χ2n) is 4.77. The van der Waals surface area contributed by atoms with Gasteiger partial charge in [0.2, 0.25) is 0 Å². The number of para-hydroxylation sites is 1. The van der Waals surface area contributed by atoms with Crippen LogP contribution in [-0.2, 0) is 6.42 Å². The first-order valence-corrected chi connectivity index (χ1v) is 7.58. The molecular weight excluding hydrogens is 328 g/mol. The van der Waals surface area contributed by atoms with Crippen LogP contribution < -0.4 is 10.5 Å². The highest BCUT2D eigenvalue weighted by molar-refractivity contribution is 9.10. The molecule has 4 heteroatoms. The highest BCUT2D eigenvalue weighted by Crippen LogP contribution is 2.36. The van der Waals surface area contributed by atoms with Gasteiger partial charge in [-0.1, -0.05) is 41.1 Å². The molecule has 106 valence electrons. The van der Waals surface area contributed by atoms with Gasteiger partial charge in [0, 0.05) is 9.86 Å². The van der Waals surface area contributed by atoms with Gasteiger partial charge in [-0.2, -0.15) is 0 Å². The highest BCUT2D eigenvalue weighted by Gasteiger charge is 2.11. The third kappa shape index (κ3) is 2.72. The fourth-order valence-corrected chi connectivity index (χ4v) is 2.64. The molecule has 0 atom stereocenters. The lowest BCUT2D eigenvalue weighted by Crippen LogP contribution is -1.97. The SMILES string of the molecule is CCc1ccccc1Oc1c(N)cnc2ccc(Br)cc12. The molecule has 0 saturated heterocycles. The first kappa shape index (κ1) is 13.9. The third-order valence-corrected chi connectivity index (χ3v) is 3.87. The summed E-state index contributed by atoms with van der Waals surface area (Å²) in [5.41, 5.74) is 8.61. The number of hydrogen-bond acceptors (Lipinski definition) is 3. The second-order valence-corrected chi connectivity index (χ2v) is 5.68. The smallest absolute Gasteiger partial charge is 0.161 e. The number of anilines is 1. The molecule has 0 saturated carbocycles. The highest BCUT2D eigenvalue weighted by atomic mass is 79.9. The molecule has 21 heavy (non-hydrogen) atoms. The number of hydrogen-bond donors (Lipinski definition) is 1. The lowest BCUT2D eigenvalue weighted by atomic mass is 10.1. The zero-order chi connectivity index (χ0) is 14.8. The Balaban J connectivity index is 2.15. The summed E-state index contributed by atoms with van der Waals surface area (Å²) in [6.45, 7) is 2.10. The number of aromatic nitrogens is 1. The summed E-state index contributed by atoms with van der Waals surface area (Å²) >= 11 is 3.48. The number of halogens is 1. The number of nitrogen functional groups attached to an aromatic ring is 1. The molecule has 0 unspecified atom stereocenters. The van der Waals surface area contributed by atoms with Crippen LogP contribution in [0.15, 0.2) is 53.1 Å². The van der Waals surface area contributed by atoms with Gasteiger partial charge in [0.05, 0.1) is 17.4 Å². The van der Waals surface area contributed by atoms with Crippen molar-refractivity contribution in [1.82, 2.24) is 4.98 Å². The first-order valence-electron chi connectivity index (χ1n) is 6.78. The van der Waals surface area contributed by atoms with E-state index in [1.165, 1.54) is 0 Å². The minimum atomic E-state index is 0.534. The molecule has 2 N–H and O–H groups in total. The van der Waals surface area contributed by atoms with Gasteiger partial charge < -0.3 is 10.5 Å². The molecular formula is C17H15BrN2O. The van der Waals surface area contributed by atoms with Crippen molar-refractivity contribution in [3.63, 3.8) is 0 Å². The number of nitrogens with zero attached hydrogens (tertiary/aromatic N) is 1. The minimum absolute atomic E-state index is 0.534. The van der Waals surface area contributed by atoms with Gasteiger partial charge in [-0.05, 0) is 36.2 Å². The van der Waals surface area contributed by atoms with E-state index in [9.17, 15) is 0 Å². The zero-order valence-corrected chi connectivity index (χ0v) is 13.2. The Morgan fingerprint density at radius 2 is 2.00 bits per heavy atom. The van der Waals surface area contributed by atoms with Crippen molar-refractivity contribution in [2.24, 2.45) is 0 Å². The van der Waals surface area contributed by atoms with Crippen LogP contribution >= 0.6 is 15.9 Å². The van der Waals surface area contributed by atoms with Crippen LogP contribution in [0.25, 0.3) is 10.9 Å². The van der Waals surface area contributed by atoms with Crippen molar-refractivity contribution in [2.45, 2.75) is 13.3 Å². The minimum Gasteiger partial charge on any atom is -0.454 e. The van der Waals surface area contributed by atoms with Gasteiger partial charge in [0.25, 0.3) is 0 Å². The summed E-state index contributed by atoms with van der Waals surface area (Å²) in [5, 5.41) is 0.898. The van der Waals surface area contributed by atoms with Gasteiger partial charge in [-0.25, -0.2) is 0 Å². The topological polar surface area (TPSA) is 48.1 Å². The lowest BCUT2D eigenvalue weighted by Gasteiger charge is -2.14. The van der Waals surface area contributed by atoms with Crippen LogP contribution in [0, 0.1) is 0 Å². The number of aryl methyl sites for hydroxylation is 1. The van der Waals surface area contributed by atoms with E-state index in [1.54, 1.807) is 6.20 Å². The van der Waals surface area contributed by atoms with Gasteiger partial charge in [0.1, 0.15) is 5.75 Å². The third-order valence-electron chi connectivity index (χ3n) is 3.37. The molecule has 3 aromatic rings. The van der Waals surface area contributed by atoms with Crippen LogP contribution in [0.3, 0.4) is 0 Å². The maximum Gasteiger partial charge on any atom is 0.161 e. The molecule has 0 fully saturated rings. The van der Waals surface area contributed by atoms with Crippen molar-refractivity contribution in [1.29, 1.82) is 0 Å². The average molecular weight is 343 g/mol. The fourth-order valence-electron chi connectivity index (χ4n) is 2.28. The molecule has 0 aliphatic carbocycles. The molecule has 3 rings (SSSR count). The van der Waals surface area contributed by atoms with Gasteiger partial charge >= 0.3 is 0 Å². The Labute approximate surface area is 131 Å². The van der Waals surface area contributed by atoms with Crippen molar-refractivity contribution >= 4 is 32.5 Å². The molecule has 0 amide bonds. The molecule has 2 aromatic carbocycles. The number of fused-ring (bicyclic) bond motifs is 1. The summed E-state index contributed by atoms with van der Waals surface area (Å²) in [5.74, 6) is 1.49. The Bertz CT molecular complexity index is 797. The molecule has 0 spiro atoms. The standard InChI is InChI=1S/C17H15BrN2O/c1-2-11-5-3-4-6-16(11)21-17-13-9-12(18)7-8-15(13)20-10-14(17)19/h3-10H,2,19H2,1H3. The zero-order valence-electron chi connectivity index (χ0n) is 11.6. The Morgan fingerprint density at radius 3 is 2.81 bits per heavy atom. The molecule has 0 radical (unpaired) electrons. The van der Waals surface area contributed by atoms with Gasteiger partial charge in [0.15, 0.2) is 5.75 Å². The van der Waals surface area contributed by atoms with Crippen LogP contribution in [0.5, 0.6) is 11.5 Å². The maximum absolute atomic E-state index is 6.11. The van der Waals surface area contributed by atoms with Crippen LogP contribution in [-0.4, -0.2) is 4.98 Å². The van der Waals surface area contributed by atoms with E-state index in [-0.39, 0.29) is 0 Å². The number of nitrogens with two attached hydrogens (primary N) is 1. The van der Waals surface area contributed by atoms with E-state index in [0.717, 1.165) is 33.1 Å². The largest absolute Gasteiger partial charge is 0.454 e. The molecule has 0 aliphatic heterocycles. The Hall–Kier alpha value is -2.07. The van der Waals surface area contributed by atoms with Crippen molar-refractivity contribution in [3.05, 3.63) is 58.7 Å². The molecule has 1 aromatic heterocycles. The first-order chi connectivity index (χ1) is 10.2. The van der Waals surface area contributed by atoms with Crippen LogP contribution in [0.1, 0.15) is 12.5 Å². The second kappa shape index (κ2) is 5.74. The van der Waals surface area contributed by atoms with Crippen molar-refractivity contribution in [3.8, 4) is 11.5 Å². The summed E-state index contributed by atoms with van der Waals surface area (Å²) in [6.07, 6.45) is 2.54. The number of benzene rings is 2. The van der Waals surface area contributed by atoms with Gasteiger partial charge in [-0.3, -0.25) is 4.98 Å². The summed E-state index contributed by atoms with van der Waals surface area (Å²) in [6, 6.07) is 13.9. The van der Waals surface area contributed by atoms with Crippen molar-refractivity contribution in [2.75, 3.05) is 5.73 Å². The maximum atomic E-state index is 6.11. The van der Waals surface area contributed by atoms with Crippen LogP contribution in [0.4, 0.5) is 5.69 Å². The molecule has 1 heterocycles. The predicted molar refractivity (Wildman–Crippen MR) is 89.7 cm³/mol. The quantitative estimate of drug-likeness (QED) is 0.733. The Kier molecular flexibility index (Phi) is 3.80. The number of ether oxygens (including phenoxy) is 1. The summed E-state index contributed by atoms with van der Waals surface area (Å²) in [4.78, 5) is 4.34. The van der Waals surface area contributed by atoms with Gasteiger partial charge in [-0.15, -0.1) is 0 Å². The van der Waals surface area contributed by atoms with E-state index in [4.69, 9.17) is 10.5 Å². The van der Waals surface area contributed by atoms with Crippen LogP contribution in [0.2, 0.25) is 0 Å². The Morgan fingerprint density at radius 1 is 1.19 bits per heavy atom. The fraction of sp³-hybridized carbons (Fsp3) is 0.118. The molecule has 3 nitrogen and oxygen atoms in total. The van der Waals surface area contributed by atoms with E-state index in [0.29, 0.717) is 11.4 Å². The molecule has 0 aliphatic rings. The van der Waals surface area contributed by atoms with E-state index in [1.807, 2.05) is 36.4 Å². The van der Waals surface area contributed by atoms with E-state index in [2.05, 4.69) is 33.9 Å². The monoisotopic (exact) mass is 342 g/mol. The predicted octanol–water partition coefficient (Wildman–Crippen LogP) is 4.93. The number of pyridine rings is 1. The normalized spacial score (nSPS) is 10.8. The molecule has 0 bridgehead atoms. The number of rotatable bonds is 3. The average Bonchev–Trinajstić information content (AvgIpc) is 2.50. The summed E-state index contributed by atoms with van der Waals surface area (Å²) < 4.78 is 7.08. The van der Waals surface area contributed by atoms with E-state index >= 15 is 0 Å². The van der Waals surface area contributed by atoms with E-state index < -0.39 is 0 Å². The van der Waals surface area contributed by atoms with Crippen molar-refractivity contribution < 1.29 is 4.74 Å². The summed E-state index contributed by atoms with van der Waals surface area (Å²) in [7, 11) is 0. The lowest BCUT2D eigenvalue weighted by molar-refractivity contribution is 0.484.